The van der Waals surface area contributed by atoms with Gasteiger partial charge >= 0.3 is 0 Å². The van der Waals surface area contributed by atoms with Crippen molar-refractivity contribution in [1.82, 2.24) is 0 Å². The standard InChI is InChI=1S/C9H9N3O/c1-6-7(9(10)12-13)4-3-5-8(6)11-2/h3-5,13H,1H3,(H2,10,12). The Labute approximate surface area is 76.1 Å². The number of hydrogen-bond donors (Lipinski definition) is 2. The second kappa shape index (κ2) is 3.59. The lowest BCUT2D eigenvalue weighted by Crippen LogP contribution is -2.14. The van der Waals surface area contributed by atoms with Crippen LogP contribution < -0.4 is 5.73 Å². The second-order valence-electron chi connectivity index (χ2n) is 2.55. The minimum absolute atomic E-state index is 0.0306. The minimum Gasteiger partial charge on any atom is -0.409 e. The molecule has 0 aliphatic carbocycles. The summed E-state index contributed by atoms with van der Waals surface area (Å²) in [6.45, 7) is 8.63. The Hall–Kier alpha value is -2.02. The monoisotopic (exact) mass is 175 g/mol. The van der Waals surface area contributed by atoms with E-state index in [4.69, 9.17) is 17.5 Å². The molecule has 0 spiro atoms. The predicted molar refractivity (Wildman–Crippen MR) is 50.0 cm³/mol. The fourth-order valence-electron chi connectivity index (χ4n) is 1.08. The van der Waals surface area contributed by atoms with Crippen LogP contribution >= 0.6 is 0 Å². The first-order valence-electron chi connectivity index (χ1n) is 3.65. The molecule has 0 amide bonds. The van der Waals surface area contributed by atoms with Crippen LogP contribution in [0.1, 0.15) is 11.1 Å². The van der Waals surface area contributed by atoms with Crippen LogP contribution in [0.3, 0.4) is 0 Å². The van der Waals surface area contributed by atoms with Crippen LogP contribution in [0.15, 0.2) is 23.4 Å². The number of oxime groups is 1. The van der Waals surface area contributed by atoms with Gasteiger partial charge in [-0.2, -0.15) is 0 Å². The van der Waals surface area contributed by atoms with Crippen LogP contribution in [-0.4, -0.2) is 11.0 Å². The van der Waals surface area contributed by atoms with Crippen molar-refractivity contribution in [3.05, 3.63) is 40.7 Å². The van der Waals surface area contributed by atoms with Crippen molar-refractivity contribution in [2.75, 3.05) is 0 Å². The maximum Gasteiger partial charge on any atom is 0.190 e. The predicted octanol–water partition coefficient (Wildman–Crippen LogP) is 1.64. The SMILES string of the molecule is [C-]#[N+]c1cccc(C(N)=NO)c1C. The Bertz CT molecular complexity index is 390. The first kappa shape index (κ1) is 9.07. The molecule has 0 radical (unpaired) electrons. The summed E-state index contributed by atoms with van der Waals surface area (Å²) in [5.74, 6) is 0.0306. The molecule has 1 aromatic rings. The third-order valence-corrected chi connectivity index (χ3v) is 1.81. The summed E-state index contributed by atoms with van der Waals surface area (Å²) in [4.78, 5) is 3.31. The van der Waals surface area contributed by atoms with Gasteiger partial charge in [0.1, 0.15) is 0 Å². The molecule has 4 heteroatoms. The van der Waals surface area contributed by atoms with E-state index in [1.807, 2.05) is 0 Å². The van der Waals surface area contributed by atoms with E-state index in [1.165, 1.54) is 0 Å². The van der Waals surface area contributed by atoms with Crippen LogP contribution in [0.4, 0.5) is 5.69 Å². The summed E-state index contributed by atoms with van der Waals surface area (Å²) in [5, 5.41) is 11.3. The number of benzene rings is 1. The molecular weight excluding hydrogens is 166 g/mol. The van der Waals surface area contributed by atoms with Gasteiger partial charge in [0.05, 0.1) is 6.57 Å². The maximum absolute atomic E-state index is 8.46. The fraction of sp³-hybridized carbons (Fsp3) is 0.111. The highest BCUT2D eigenvalue weighted by Gasteiger charge is 2.06. The van der Waals surface area contributed by atoms with Gasteiger partial charge in [-0.15, -0.1) is 0 Å². The van der Waals surface area contributed by atoms with Crippen LogP contribution in [0.2, 0.25) is 0 Å². The number of nitrogens with zero attached hydrogens (tertiary/aromatic N) is 2. The lowest BCUT2D eigenvalue weighted by molar-refractivity contribution is 0.318. The number of rotatable bonds is 1. The van der Waals surface area contributed by atoms with Gasteiger partial charge < -0.3 is 10.9 Å². The summed E-state index contributed by atoms with van der Waals surface area (Å²) < 4.78 is 0. The van der Waals surface area contributed by atoms with E-state index in [0.717, 1.165) is 5.56 Å². The van der Waals surface area contributed by atoms with E-state index in [2.05, 4.69) is 10.0 Å². The molecule has 3 N–H and O–H groups in total. The Morgan fingerprint density at radius 1 is 1.62 bits per heavy atom. The molecular formula is C9H9N3O. The average Bonchev–Trinajstić information content (AvgIpc) is 2.17. The molecule has 0 saturated carbocycles. The zero-order chi connectivity index (χ0) is 9.84. The van der Waals surface area contributed by atoms with Crippen molar-refractivity contribution in [1.29, 1.82) is 0 Å². The molecule has 0 aliphatic rings. The van der Waals surface area contributed by atoms with Crippen LogP contribution in [0.5, 0.6) is 0 Å². The molecule has 0 aliphatic heterocycles. The van der Waals surface area contributed by atoms with E-state index >= 15 is 0 Å². The van der Waals surface area contributed by atoms with E-state index < -0.39 is 0 Å². The Morgan fingerprint density at radius 2 is 2.31 bits per heavy atom. The zero-order valence-corrected chi connectivity index (χ0v) is 7.15. The smallest absolute Gasteiger partial charge is 0.190 e. The van der Waals surface area contributed by atoms with Gasteiger partial charge in [0.25, 0.3) is 0 Å². The molecule has 4 nitrogen and oxygen atoms in total. The molecule has 1 rings (SSSR count). The van der Waals surface area contributed by atoms with E-state index in [-0.39, 0.29) is 5.84 Å². The fourth-order valence-corrected chi connectivity index (χ4v) is 1.08. The number of hydrogen-bond acceptors (Lipinski definition) is 2. The lowest BCUT2D eigenvalue weighted by Gasteiger charge is -2.04. The van der Waals surface area contributed by atoms with Crippen molar-refractivity contribution >= 4 is 11.5 Å². The molecule has 0 bridgehead atoms. The quantitative estimate of drug-likeness (QED) is 0.224. The lowest BCUT2D eigenvalue weighted by atomic mass is 10.1. The molecule has 66 valence electrons. The van der Waals surface area contributed by atoms with E-state index in [0.29, 0.717) is 11.3 Å². The first-order chi connectivity index (χ1) is 6.20. The average molecular weight is 175 g/mol. The Morgan fingerprint density at radius 3 is 2.85 bits per heavy atom. The van der Waals surface area contributed by atoms with Gasteiger partial charge in [0.2, 0.25) is 0 Å². The van der Waals surface area contributed by atoms with Crippen molar-refractivity contribution < 1.29 is 5.21 Å². The topological polar surface area (TPSA) is 63.0 Å². The van der Waals surface area contributed by atoms with Gasteiger partial charge in [-0.1, -0.05) is 23.4 Å². The highest BCUT2D eigenvalue weighted by Crippen LogP contribution is 2.21. The van der Waals surface area contributed by atoms with Crippen LogP contribution in [-0.2, 0) is 0 Å². The summed E-state index contributed by atoms with van der Waals surface area (Å²) in [6.07, 6.45) is 0. The van der Waals surface area contributed by atoms with Crippen LogP contribution in [0.25, 0.3) is 4.85 Å². The maximum atomic E-state index is 8.46. The summed E-state index contributed by atoms with van der Waals surface area (Å²) in [6, 6.07) is 5.10. The van der Waals surface area contributed by atoms with Gasteiger partial charge in [-0.3, -0.25) is 0 Å². The van der Waals surface area contributed by atoms with E-state index in [1.54, 1.807) is 25.1 Å². The molecule has 0 saturated heterocycles. The van der Waals surface area contributed by atoms with Gasteiger partial charge in [-0.25, -0.2) is 4.85 Å². The van der Waals surface area contributed by atoms with Crippen molar-refractivity contribution in [2.45, 2.75) is 6.92 Å². The second-order valence-corrected chi connectivity index (χ2v) is 2.55. The molecule has 0 atom stereocenters. The normalized spacial score (nSPS) is 10.9. The number of amidine groups is 1. The summed E-state index contributed by atoms with van der Waals surface area (Å²) in [5.41, 5.74) is 7.26. The summed E-state index contributed by atoms with van der Waals surface area (Å²) >= 11 is 0. The van der Waals surface area contributed by atoms with E-state index in [9.17, 15) is 0 Å². The summed E-state index contributed by atoms with van der Waals surface area (Å²) in [7, 11) is 0. The molecule has 1 aromatic carbocycles. The molecule has 0 fully saturated rings. The zero-order valence-electron chi connectivity index (χ0n) is 7.15. The molecule has 13 heavy (non-hydrogen) atoms. The highest BCUT2D eigenvalue weighted by molar-refractivity contribution is 5.99. The molecule has 0 unspecified atom stereocenters. The third-order valence-electron chi connectivity index (χ3n) is 1.81. The molecule has 0 aromatic heterocycles. The van der Waals surface area contributed by atoms with Crippen LogP contribution in [0, 0.1) is 13.5 Å². The third kappa shape index (κ3) is 1.59. The Kier molecular flexibility index (Phi) is 2.50. The largest absolute Gasteiger partial charge is 0.409 e. The van der Waals surface area contributed by atoms with Gasteiger partial charge in [-0.05, 0) is 12.5 Å². The van der Waals surface area contributed by atoms with Crippen molar-refractivity contribution in [3.63, 3.8) is 0 Å². The van der Waals surface area contributed by atoms with Gasteiger partial charge in [0, 0.05) is 5.56 Å². The highest BCUT2D eigenvalue weighted by atomic mass is 16.4. The number of nitrogens with two attached hydrogens (primary N) is 1. The first-order valence-corrected chi connectivity index (χ1v) is 3.65. The minimum atomic E-state index is 0.0306. The molecule has 0 heterocycles. The Balaban J connectivity index is 3.34. The van der Waals surface area contributed by atoms with Crippen molar-refractivity contribution in [3.8, 4) is 0 Å². The van der Waals surface area contributed by atoms with Gasteiger partial charge in [0.15, 0.2) is 11.5 Å². The van der Waals surface area contributed by atoms with Crippen molar-refractivity contribution in [2.24, 2.45) is 10.9 Å².